The molecule has 0 saturated carbocycles. The lowest BCUT2D eigenvalue weighted by Crippen LogP contribution is -2.34. The first kappa shape index (κ1) is 24.6. The molecule has 174 valence electrons. The fourth-order valence-corrected chi connectivity index (χ4v) is 2.84. The minimum Gasteiger partial charge on any atom is -0.497 e. The van der Waals surface area contributed by atoms with Crippen molar-refractivity contribution in [2.24, 2.45) is 4.99 Å². The highest BCUT2D eigenvalue weighted by molar-refractivity contribution is 5.95. The summed E-state index contributed by atoms with van der Waals surface area (Å²) >= 11 is 0. The first-order valence-corrected chi connectivity index (χ1v) is 10.1. The average molecular weight is 445 g/mol. The number of carbonyl (C=O) groups is 1. The molecule has 0 aromatic heterocycles. The van der Waals surface area contributed by atoms with E-state index in [2.05, 4.69) is 15.6 Å². The summed E-state index contributed by atoms with van der Waals surface area (Å²) in [6, 6.07) is 11.4. The van der Waals surface area contributed by atoms with Crippen LogP contribution < -0.4 is 29.6 Å². The molecule has 0 heterocycles. The van der Waals surface area contributed by atoms with Crippen molar-refractivity contribution in [3.05, 3.63) is 42.0 Å². The van der Waals surface area contributed by atoms with E-state index in [1.165, 1.54) is 4.90 Å². The smallest absolute Gasteiger partial charge is 0.243 e. The Bertz CT molecular complexity index is 888. The van der Waals surface area contributed by atoms with Crippen molar-refractivity contribution in [1.29, 1.82) is 0 Å². The van der Waals surface area contributed by atoms with Gasteiger partial charge in [-0.05, 0) is 24.1 Å². The number of methoxy groups -OCH3 is 4. The molecule has 9 nitrogen and oxygen atoms in total. The highest BCUT2D eigenvalue weighted by Gasteiger charge is 2.14. The molecule has 2 N–H and O–H groups in total. The molecular weight excluding hydrogens is 412 g/mol. The van der Waals surface area contributed by atoms with E-state index in [-0.39, 0.29) is 12.5 Å². The fraction of sp³-hybridized carbons (Fsp3) is 0.391. The molecule has 0 aliphatic carbocycles. The predicted octanol–water partition coefficient (Wildman–Crippen LogP) is 2.41. The van der Waals surface area contributed by atoms with Crippen LogP contribution in [0.15, 0.2) is 41.4 Å². The lowest BCUT2D eigenvalue weighted by molar-refractivity contribution is -0.127. The lowest BCUT2D eigenvalue weighted by Gasteiger charge is -2.17. The zero-order chi connectivity index (χ0) is 23.5. The van der Waals surface area contributed by atoms with Crippen molar-refractivity contribution in [3.63, 3.8) is 0 Å². The van der Waals surface area contributed by atoms with Crippen LogP contribution in [0.2, 0.25) is 0 Å². The Balaban J connectivity index is 2.17. The molecule has 0 aliphatic heterocycles. The Morgan fingerprint density at radius 2 is 1.56 bits per heavy atom. The maximum atomic E-state index is 12.0. The first-order chi connectivity index (χ1) is 15.4. The van der Waals surface area contributed by atoms with Crippen LogP contribution in [0.4, 0.5) is 5.69 Å². The molecule has 0 atom stereocenters. The van der Waals surface area contributed by atoms with Crippen molar-refractivity contribution >= 4 is 17.6 Å². The number of likely N-dealkylation sites (N-methyl/N-ethyl adjacent to an activating group) is 1. The summed E-state index contributed by atoms with van der Waals surface area (Å²) in [6.45, 7) is 0.619. The molecule has 0 spiro atoms. The number of aliphatic imine (C=N–C) groups is 1. The summed E-state index contributed by atoms with van der Waals surface area (Å²) in [4.78, 5) is 18.0. The van der Waals surface area contributed by atoms with Gasteiger partial charge in [-0.1, -0.05) is 12.1 Å². The highest BCUT2D eigenvalue weighted by Crippen LogP contribution is 2.39. The third-order valence-corrected chi connectivity index (χ3v) is 4.66. The highest BCUT2D eigenvalue weighted by atomic mass is 16.5. The van der Waals surface area contributed by atoms with Gasteiger partial charge in [0.2, 0.25) is 11.7 Å². The second-order valence-corrected chi connectivity index (χ2v) is 7.02. The van der Waals surface area contributed by atoms with Crippen molar-refractivity contribution in [3.8, 4) is 23.0 Å². The second kappa shape index (κ2) is 12.3. The summed E-state index contributed by atoms with van der Waals surface area (Å²) in [6.07, 6.45) is 0.765. The molecule has 9 heteroatoms. The van der Waals surface area contributed by atoms with Crippen LogP contribution in [0.25, 0.3) is 0 Å². The van der Waals surface area contributed by atoms with E-state index in [1.807, 2.05) is 24.3 Å². The fourth-order valence-electron chi connectivity index (χ4n) is 2.84. The van der Waals surface area contributed by atoms with E-state index in [1.54, 1.807) is 54.7 Å². The average Bonchev–Trinajstić information content (AvgIpc) is 2.81. The summed E-state index contributed by atoms with van der Waals surface area (Å²) in [7, 11) is 9.69. The van der Waals surface area contributed by atoms with Crippen molar-refractivity contribution in [1.82, 2.24) is 10.2 Å². The Morgan fingerprint density at radius 1 is 0.938 bits per heavy atom. The van der Waals surface area contributed by atoms with Gasteiger partial charge in [0.15, 0.2) is 17.5 Å². The third kappa shape index (κ3) is 6.97. The van der Waals surface area contributed by atoms with Crippen LogP contribution >= 0.6 is 0 Å². The van der Waals surface area contributed by atoms with E-state index in [4.69, 9.17) is 18.9 Å². The van der Waals surface area contributed by atoms with E-state index in [0.29, 0.717) is 35.4 Å². The third-order valence-electron chi connectivity index (χ3n) is 4.66. The summed E-state index contributed by atoms with van der Waals surface area (Å²) in [5.41, 5.74) is 1.82. The molecule has 0 aliphatic rings. The topological polar surface area (TPSA) is 93.7 Å². The van der Waals surface area contributed by atoms with Gasteiger partial charge >= 0.3 is 0 Å². The summed E-state index contributed by atoms with van der Waals surface area (Å²) < 4.78 is 21.4. The maximum absolute atomic E-state index is 12.0. The molecule has 2 rings (SSSR count). The minimum absolute atomic E-state index is 0.00922. The predicted molar refractivity (Wildman–Crippen MR) is 125 cm³/mol. The second-order valence-electron chi connectivity index (χ2n) is 7.02. The molecule has 2 aromatic carbocycles. The zero-order valence-electron chi connectivity index (χ0n) is 19.5. The number of ether oxygens (including phenoxy) is 4. The zero-order valence-corrected chi connectivity index (χ0v) is 19.5. The van der Waals surface area contributed by atoms with Crippen LogP contribution in [-0.4, -0.2) is 72.4 Å². The SMILES string of the molecule is COc1ccc(CCNC(=NCC(=O)N(C)C)Nc2cc(OC)c(OC)c(OC)c2)cc1. The molecule has 2 aromatic rings. The van der Waals surface area contributed by atoms with E-state index < -0.39 is 0 Å². The van der Waals surface area contributed by atoms with Crippen molar-refractivity contribution in [2.75, 3.05) is 60.9 Å². The molecule has 0 radical (unpaired) electrons. The molecule has 0 saturated heterocycles. The van der Waals surface area contributed by atoms with Gasteiger partial charge in [0.25, 0.3) is 0 Å². The number of carbonyl (C=O) groups excluding carboxylic acids is 1. The van der Waals surface area contributed by atoms with Crippen LogP contribution in [0.3, 0.4) is 0 Å². The number of hydrogen-bond donors (Lipinski definition) is 2. The summed E-state index contributed by atoms with van der Waals surface area (Å²) in [5.74, 6) is 2.69. The normalized spacial score (nSPS) is 10.9. The van der Waals surface area contributed by atoms with Crippen LogP contribution in [0.1, 0.15) is 5.56 Å². The van der Waals surface area contributed by atoms with E-state index >= 15 is 0 Å². The largest absolute Gasteiger partial charge is 0.497 e. The van der Waals surface area contributed by atoms with Gasteiger partial charge in [-0.25, -0.2) is 4.99 Å². The lowest BCUT2D eigenvalue weighted by atomic mass is 10.1. The number of guanidine groups is 1. The van der Waals surface area contributed by atoms with E-state index in [9.17, 15) is 4.79 Å². The Morgan fingerprint density at radius 3 is 2.06 bits per heavy atom. The van der Waals surface area contributed by atoms with Gasteiger partial charge in [0.05, 0.1) is 28.4 Å². The van der Waals surface area contributed by atoms with Crippen molar-refractivity contribution < 1.29 is 23.7 Å². The number of anilines is 1. The first-order valence-electron chi connectivity index (χ1n) is 10.1. The number of rotatable bonds is 10. The van der Waals surface area contributed by atoms with Gasteiger partial charge in [0.1, 0.15) is 12.3 Å². The van der Waals surface area contributed by atoms with Crippen LogP contribution in [0, 0.1) is 0 Å². The quantitative estimate of drug-likeness (QED) is 0.429. The Hall–Kier alpha value is -3.62. The van der Waals surface area contributed by atoms with E-state index in [0.717, 1.165) is 17.7 Å². The van der Waals surface area contributed by atoms with Gasteiger partial charge in [-0.3, -0.25) is 4.79 Å². The number of benzene rings is 2. The Kier molecular flexibility index (Phi) is 9.46. The van der Waals surface area contributed by atoms with Crippen LogP contribution in [-0.2, 0) is 11.2 Å². The van der Waals surface area contributed by atoms with Gasteiger partial charge in [0, 0.05) is 38.5 Å². The minimum atomic E-state index is -0.105. The summed E-state index contributed by atoms with van der Waals surface area (Å²) in [5, 5.41) is 6.48. The standard InChI is InChI=1S/C23H32N4O5/c1-27(2)21(28)15-25-23(24-12-11-16-7-9-18(29-3)10-8-16)26-17-13-19(30-4)22(32-6)20(14-17)31-5/h7-10,13-14H,11-12,15H2,1-6H3,(H2,24,25,26). The van der Waals surface area contributed by atoms with Crippen LogP contribution in [0.5, 0.6) is 23.0 Å². The molecule has 0 unspecified atom stereocenters. The number of amides is 1. The molecular formula is C23H32N4O5. The Labute approximate surface area is 189 Å². The van der Waals surface area contributed by atoms with Gasteiger partial charge in [-0.2, -0.15) is 0 Å². The monoisotopic (exact) mass is 444 g/mol. The number of nitrogens with zero attached hydrogens (tertiary/aromatic N) is 2. The molecule has 32 heavy (non-hydrogen) atoms. The van der Waals surface area contributed by atoms with Crippen molar-refractivity contribution in [2.45, 2.75) is 6.42 Å². The number of hydrogen-bond acceptors (Lipinski definition) is 6. The maximum Gasteiger partial charge on any atom is 0.243 e. The molecule has 0 fully saturated rings. The molecule has 1 amide bonds. The van der Waals surface area contributed by atoms with Gasteiger partial charge < -0.3 is 34.5 Å². The van der Waals surface area contributed by atoms with Gasteiger partial charge in [-0.15, -0.1) is 0 Å². The molecule has 0 bridgehead atoms. The number of nitrogens with one attached hydrogen (secondary N) is 2.